The first kappa shape index (κ1) is 8.47. The van der Waals surface area contributed by atoms with E-state index < -0.39 is 0 Å². The zero-order valence-electron chi connectivity index (χ0n) is 6.05. The van der Waals surface area contributed by atoms with E-state index in [4.69, 9.17) is 11.6 Å². The first-order chi connectivity index (χ1) is 5.29. The van der Waals surface area contributed by atoms with Crippen LogP contribution in [0, 0.1) is 5.92 Å². The molecule has 0 radical (unpaired) electrons. The molecule has 1 aliphatic rings. The number of hydrogen-bond donors (Lipinski definition) is 0. The molecule has 1 atom stereocenters. The van der Waals surface area contributed by atoms with E-state index in [0.29, 0.717) is 17.0 Å². The first-order valence-corrected chi connectivity index (χ1v) is 3.96. The van der Waals surface area contributed by atoms with Crippen LogP contribution in [0.3, 0.4) is 0 Å². The number of allylic oxidation sites excluding steroid dienone is 2. The lowest BCUT2D eigenvalue weighted by atomic mass is 9.92. The van der Waals surface area contributed by atoms with Crippen molar-refractivity contribution in [3.8, 4) is 0 Å². The molecule has 0 amide bonds. The predicted molar refractivity (Wildman–Crippen MR) is 42.3 cm³/mol. The van der Waals surface area contributed by atoms with Gasteiger partial charge in [-0.1, -0.05) is 11.6 Å². The van der Waals surface area contributed by atoms with Crippen molar-refractivity contribution in [2.24, 2.45) is 5.92 Å². The molecule has 0 spiro atoms. The Hall–Kier alpha value is -0.630. The quantitative estimate of drug-likeness (QED) is 0.594. The normalized spacial score (nSPS) is 25.0. The maximum Gasteiger partial charge on any atom is 0.147 e. The monoisotopic (exact) mass is 172 g/mol. The van der Waals surface area contributed by atoms with Crippen molar-refractivity contribution in [3.63, 3.8) is 0 Å². The molecule has 2 nitrogen and oxygen atoms in total. The molecule has 1 aliphatic carbocycles. The van der Waals surface area contributed by atoms with Crippen molar-refractivity contribution in [2.45, 2.75) is 19.3 Å². The Kier molecular flexibility index (Phi) is 2.83. The molecule has 0 aromatic rings. The molecule has 1 unspecified atom stereocenters. The molecule has 0 saturated heterocycles. The fourth-order valence-electron chi connectivity index (χ4n) is 1.24. The van der Waals surface area contributed by atoms with E-state index in [2.05, 4.69) is 0 Å². The van der Waals surface area contributed by atoms with Gasteiger partial charge in [-0.2, -0.15) is 0 Å². The molecule has 3 heteroatoms. The average Bonchev–Trinajstić information content (AvgIpc) is 2.05. The van der Waals surface area contributed by atoms with E-state index in [-0.39, 0.29) is 5.92 Å². The van der Waals surface area contributed by atoms with Crippen LogP contribution in [0.1, 0.15) is 19.3 Å². The third-order valence-electron chi connectivity index (χ3n) is 1.90. The van der Waals surface area contributed by atoms with E-state index in [1.165, 1.54) is 0 Å². The number of carbonyl (C=O) groups is 2. The third kappa shape index (κ3) is 1.69. The van der Waals surface area contributed by atoms with E-state index in [9.17, 15) is 9.59 Å². The Morgan fingerprint density at radius 1 is 1.45 bits per heavy atom. The lowest BCUT2D eigenvalue weighted by Gasteiger charge is -2.16. The van der Waals surface area contributed by atoms with Crippen LogP contribution in [0.5, 0.6) is 0 Å². The number of aldehydes is 2. The summed E-state index contributed by atoms with van der Waals surface area (Å²) in [6, 6.07) is 0. The lowest BCUT2D eigenvalue weighted by Crippen LogP contribution is -2.10. The van der Waals surface area contributed by atoms with E-state index in [0.717, 1.165) is 25.4 Å². The van der Waals surface area contributed by atoms with Gasteiger partial charge in [-0.25, -0.2) is 0 Å². The standard InChI is InChI=1S/C8H9ClO2/c9-8-6(4-10)2-1-3-7(8)5-11/h4-6H,1-3H2. The van der Waals surface area contributed by atoms with Gasteiger partial charge in [-0.15, -0.1) is 0 Å². The van der Waals surface area contributed by atoms with Crippen molar-refractivity contribution < 1.29 is 9.59 Å². The highest BCUT2D eigenvalue weighted by Gasteiger charge is 2.20. The van der Waals surface area contributed by atoms with Gasteiger partial charge in [0.15, 0.2) is 0 Å². The molecule has 0 aliphatic heterocycles. The smallest absolute Gasteiger partial charge is 0.147 e. The van der Waals surface area contributed by atoms with Gasteiger partial charge in [-0.3, -0.25) is 4.79 Å². The number of rotatable bonds is 2. The minimum absolute atomic E-state index is 0.231. The van der Waals surface area contributed by atoms with Crippen LogP contribution in [0.15, 0.2) is 10.6 Å². The number of carbonyl (C=O) groups excluding carboxylic acids is 2. The Bertz CT molecular complexity index is 208. The van der Waals surface area contributed by atoms with Gasteiger partial charge >= 0.3 is 0 Å². The van der Waals surface area contributed by atoms with Gasteiger partial charge in [0.25, 0.3) is 0 Å². The SMILES string of the molecule is O=CC1=C(Cl)C(C=O)CCC1. The Labute approximate surface area is 70.2 Å². The molecule has 0 N–H and O–H groups in total. The summed E-state index contributed by atoms with van der Waals surface area (Å²) in [4.78, 5) is 20.8. The molecule has 60 valence electrons. The number of halogens is 1. The Balaban J connectivity index is 2.87. The Morgan fingerprint density at radius 3 is 2.73 bits per heavy atom. The van der Waals surface area contributed by atoms with Crippen LogP contribution in [0.25, 0.3) is 0 Å². The molecule has 0 aromatic carbocycles. The third-order valence-corrected chi connectivity index (χ3v) is 2.42. The van der Waals surface area contributed by atoms with E-state index in [1.807, 2.05) is 0 Å². The molecular weight excluding hydrogens is 164 g/mol. The van der Waals surface area contributed by atoms with Crippen molar-refractivity contribution in [3.05, 3.63) is 10.6 Å². The summed E-state index contributed by atoms with van der Waals surface area (Å²) in [5, 5.41) is 0.446. The van der Waals surface area contributed by atoms with Gasteiger partial charge in [0.05, 0.1) is 5.92 Å². The van der Waals surface area contributed by atoms with Crippen LogP contribution in [-0.4, -0.2) is 12.6 Å². The predicted octanol–water partition coefficient (Wildman–Crippen LogP) is 1.68. The molecule has 0 aromatic heterocycles. The molecule has 0 saturated carbocycles. The van der Waals surface area contributed by atoms with Gasteiger partial charge in [-0.05, 0) is 19.3 Å². The lowest BCUT2D eigenvalue weighted by molar-refractivity contribution is -0.110. The Morgan fingerprint density at radius 2 is 2.18 bits per heavy atom. The first-order valence-electron chi connectivity index (χ1n) is 3.58. The summed E-state index contributed by atoms with van der Waals surface area (Å²) in [6.07, 6.45) is 3.93. The molecule has 0 fully saturated rings. The molecule has 0 bridgehead atoms. The van der Waals surface area contributed by atoms with Crippen LogP contribution < -0.4 is 0 Å². The van der Waals surface area contributed by atoms with Crippen molar-refractivity contribution in [1.29, 1.82) is 0 Å². The largest absolute Gasteiger partial charge is 0.303 e. The molecular formula is C8H9ClO2. The van der Waals surface area contributed by atoms with Gasteiger partial charge in [0.2, 0.25) is 0 Å². The molecule has 1 rings (SSSR count). The second-order valence-corrected chi connectivity index (χ2v) is 3.03. The van der Waals surface area contributed by atoms with E-state index in [1.54, 1.807) is 0 Å². The van der Waals surface area contributed by atoms with Gasteiger partial charge in [0, 0.05) is 10.6 Å². The van der Waals surface area contributed by atoms with Crippen molar-refractivity contribution >= 4 is 24.2 Å². The maximum absolute atomic E-state index is 10.4. The zero-order valence-corrected chi connectivity index (χ0v) is 6.80. The van der Waals surface area contributed by atoms with Crippen LogP contribution in [0.2, 0.25) is 0 Å². The summed E-state index contributed by atoms with van der Waals surface area (Å²) in [5.41, 5.74) is 0.593. The van der Waals surface area contributed by atoms with Crippen LogP contribution in [-0.2, 0) is 9.59 Å². The second-order valence-electron chi connectivity index (χ2n) is 2.63. The molecule has 0 heterocycles. The minimum atomic E-state index is -0.231. The van der Waals surface area contributed by atoms with Crippen LogP contribution in [0.4, 0.5) is 0 Å². The fourth-order valence-corrected chi connectivity index (χ4v) is 1.54. The summed E-state index contributed by atoms with van der Waals surface area (Å²) < 4.78 is 0. The van der Waals surface area contributed by atoms with E-state index >= 15 is 0 Å². The highest BCUT2D eigenvalue weighted by Crippen LogP contribution is 2.30. The minimum Gasteiger partial charge on any atom is -0.303 e. The average molecular weight is 173 g/mol. The summed E-state index contributed by atoms with van der Waals surface area (Å²) in [6.45, 7) is 0. The van der Waals surface area contributed by atoms with Crippen LogP contribution >= 0.6 is 11.6 Å². The highest BCUT2D eigenvalue weighted by molar-refractivity contribution is 6.32. The zero-order chi connectivity index (χ0) is 8.27. The summed E-state index contributed by atoms with van der Waals surface area (Å²) >= 11 is 5.77. The number of hydrogen-bond acceptors (Lipinski definition) is 2. The van der Waals surface area contributed by atoms with Crippen molar-refractivity contribution in [2.75, 3.05) is 0 Å². The van der Waals surface area contributed by atoms with Crippen molar-refractivity contribution in [1.82, 2.24) is 0 Å². The summed E-state index contributed by atoms with van der Waals surface area (Å²) in [5.74, 6) is -0.231. The highest BCUT2D eigenvalue weighted by atomic mass is 35.5. The molecule has 11 heavy (non-hydrogen) atoms. The topological polar surface area (TPSA) is 34.1 Å². The maximum atomic E-state index is 10.4. The second kappa shape index (κ2) is 3.67. The summed E-state index contributed by atoms with van der Waals surface area (Å²) in [7, 11) is 0. The van der Waals surface area contributed by atoms with Gasteiger partial charge < -0.3 is 4.79 Å². The fraction of sp³-hybridized carbons (Fsp3) is 0.500. The van der Waals surface area contributed by atoms with Gasteiger partial charge in [0.1, 0.15) is 12.6 Å².